The minimum atomic E-state index is -1.26. The fraction of sp³-hybridized carbons (Fsp3) is 0.667. The molecule has 1 atom stereocenters. The molecule has 0 aromatic heterocycles. The highest BCUT2D eigenvalue weighted by atomic mass is 16.7. The van der Waals surface area contributed by atoms with E-state index >= 15 is 0 Å². The Labute approximate surface area is 93.1 Å². The van der Waals surface area contributed by atoms with Crippen LogP contribution >= 0.6 is 0 Å². The van der Waals surface area contributed by atoms with Crippen LogP contribution in [0.15, 0.2) is 0 Å². The van der Waals surface area contributed by atoms with Crippen molar-refractivity contribution in [3.05, 3.63) is 0 Å². The van der Waals surface area contributed by atoms with Crippen LogP contribution < -0.4 is 11.5 Å². The zero-order valence-corrected chi connectivity index (χ0v) is 9.48. The van der Waals surface area contributed by atoms with Gasteiger partial charge in [-0.15, -0.1) is 0 Å². The van der Waals surface area contributed by atoms with Crippen LogP contribution in [0, 0.1) is 0 Å². The summed E-state index contributed by atoms with van der Waals surface area (Å²) in [5, 5.41) is 0. The smallest absolute Gasteiger partial charge is 0.428 e. The second-order valence-electron chi connectivity index (χ2n) is 4.16. The van der Waals surface area contributed by atoms with Crippen molar-refractivity contribution in [3.63, 3.8) is 0 Å². The highest BCUT2D eigenvalue weighted by Gasteiger charge is 2.24. The first-order chi connectivity index (χ1) is 7.11. The largest absolute Gasteiger partial charge is 0.516 e. The molecule has 16 heavy (non-hydrogen) atoms. The molecule has 0 fully saturated rings. The molecule has 0 bridgehead atoms. The molecule has 0 radical (unpaired) electrons. The van der Waals surface area contributed by atoms with Gasteiger partial charge in [-0.25, -0.2) is 9.59 Å². The molecule has 0 aromatic carbocycles. The third-order valence-electron chi connectivity index (χ3n) is 1.30. The van der Waals surface area contributed by atoms with Gasteiger partial charge < -0.3 is 20.9 Å². The average molecular weight is 232 g/mol. The van der Waals surface area contributed by atoms with Crippen molar-refractivity contribution in [1.82, 2.24) is 0 Å². The maximum atomic E-state index is 11.1. The molecule has 0 spiro atoms. The number of hydrogen-bond donors (Lipinski definition) is 2. The van der Waals surface area contributed by atoms with E-state index in [9.17, 15) is 14.4 Å². The van der Waals surface area contributed by atoms with E-state index in [-0.39, 0.29) is 6.42 Å². The number of rotatable bonds is 3. The number of nitrogens with two attached hydrogens (primary N) is 2. The van der Waals surface area contributed by atoms with E-state index in [0.29, 0.717) is 0 Å². The summed E-state index contributed by atoms with van der Waals surface area (Å²) >= 11 is 0. The molecule has 7 heteroatoms. The van der Waals surface area contributed by atoms with E-state index in [0.717, 1.165) is 0 Å². The molecule has 0 aliphatic rings. The molecule has 92 valence electrons. The normalized spacial score (nSPS) is 12.8. The number of ether oxygens (including phenoxy) is 2. The van der Waals surface area contributed by atoms with Crippen LogP contribution in [-0.2, 0) is 19.1 Å². The van der Waals surface area contributed by atoms with Crippen molar-refractivity contribution in [3.8, 4) is 0 Å². The average Bonchev–Trinajstić information content (AvgIpc) is 1.98. The number of carbonyl (C=O) groups excluding carboxylic acids is 3. The van der Waals surface area contributed by atoms with Gasteiger partial charge in [0, 0.05) is 0 Å². The van der Waals surface area contributed by atoms with Crippen LogP contribution in [0.4, 0.5) is 4.79 Å². The lowest BCUT2D eigenvalue weighted by Gasteiger charge is -2.18. The SMILES string of the molecule is CC(C)(C)OC(=O)OC(=O)[C@@H](N)CC(N)=O. The Balaban J connectivity index is 4.14. The lowest BCUT2D eigenvalue weighted by molar-refractivity contribution is -0.144. The van der Waals surface area contributed by atoms with E-state index in [1.165, 1.54) is 0 Å². The predicted molar refractivity (Wildman–Crippen MR) is 54.1 cm³/mol. The summed E-state index contributed by atoms with van der Waals surface area (Å²) in [4.78, 5) is 32.6. The van der Waals surface area contributed by atoms with Gasteiger partial charge in [-0.05, 0) is 20.8 Å². The topological polar surface area (TPSA) is 122 Å². The minimum absolute atomic E-state index is 0.387. The van der Waals surface area contributed by atoms with Gasteiger partial charge in [0.05, 0.1) is 6.42 Å². The van der Waals surface area contributed by atoms with Crippen LogP contribution in [0.2, 0.25) is 0 Å². The monoisotopic (exact) mass is 232 g/mol. The number of primary amides is 1. The Morgan fingerprint density at radius 2 is 1.75 bits per heavy atom. The summed E-state index contributed by atoms with van der Waals surface area (Å²) < 4.78 is 8.97. The van der Waals surface area contributed by atoms with Gasteiger partial charge in [0.15, 0.2) is 0 Å². The molecular weight excluding hydrogens is 216 g/mol. The van der Waals surface area contributed by atoms with E-state index in [1.54, 1.807) is 20.8 Å². The predicted octanol–water partition coefficient (Wildman–Crippen LogP) is -0.333. The fourth-order valence-corrected chi connectivity index (χ4v) is 0.729. The molecule has 0 aliphatic carbocycles. The highest BCUT2D eigenvalue weighted by molar-refractivity contribution is 5.89. The summed E-state index contributed by atoms with van der Waals surface area (Å²) in [6.45, 7) is 4.84. The second-order valence-corrected chi connectivity index (χ2v) is 4.16. The van der Waals surface area contributed by atoms with Crippen molar-refractivity contribution in [2.24, 2.45) is 11.5 Å². The molecule has 1 amide bonds. The van der Waals surface area contributed by atoms with E-state index in [2.05, 4.69) is 4.74 Å². The zero-order valence-electron chi connectivity index (χ0n) is 9.48. The van der Waals surface area contributed by atoms with E-state index in [1.807, 2.05) is 0 Å². The molecule has 0 rings (SSSR count). The molecule has 0 heterocycles. The van der Waals surface area contributed by atoms with Crippen LogP contribution in [0.5, 0.6) is 0 Å². The molecule has 0 aliphatic heterocycles. The van der Waals surface area contributed by atoms with Gasteiger partial charge in [0.25, 0.3) is 0 Å². The van der Waals surface area contributed by atoms with Gasteiger partial charge >= 0.3 is 12.1 Å². The molecule has 0 saturated heterocycles. The Kier molecular flexibility index (Phi) is 4.90. The summed E-state index contributed by atoms with van der Waals surface area (Å²) in [5.74, 6) is -1.80. The third kappa shape index (κ3) is 6.77. The lowest BCUT2D eigenvalue weighted by atomic mass is 10.2. The van der Waals surface area contributed by atoms with Crippen LogP contribution in [0.3, 0.4) is 0 Å². The molecule has 0 aromatic rings. The first-order valence-electron chi connectivity index (χ1n) is 4.60. The maximum absolute atomic E-state index is 11.1. The van der Waals surface area contributed by atoms with Crippen LogP contribution in [-0.4, -0.2) is 29.7 Å². The van der Waals surface area contributed by atoms with Gasteiger partial charge in [0.1, 0.15) is 11.6 Å². The van der Waals surface area contributed by atoms with Crippen molar-refractivity contribution in [1.29, 1.82) is 0 Å². The summed E-state index contributed by atoms with van der Waals surface area (Å²) in [6, 6.07) is -1.26. The fourth-order valence-electron chi connectivity index (χ4n) is 0.729. The number of amides is 1. The van der Waals surface area contributed by atoms with Crippen molar-refractivity contribution < 1.29 is 23.9 Å². The Bertz CT molecular complexity index is 295. The lowest BCUT2D eigenvalue weighted by Crippen LogP contribution is -2.38. The van der Waals surface area contributed by atoms with Crippen LogP contribution in [0.1, 0.15) is 27.2 Å². The third-order valence-corrected chi connectivity index (χ3v) is 1.30. The highest BCUT2D eigenvalue weighted by Crippen LogP contribution is 2.08. The number of esters is 1. The summed E-state index contributed by atoms with van der Waals surface area (Å²) in [6.07, 6.45) is -1.54. The summed E-state index contributed by atoms with van der Waals surface area (Å²) in [5.41, 5.74) is 9.30. The second kappa shape index (κ2) is 5.45. The molecule has 4 N–H and O–H groups in total. The zero-order chi connectivity index (χ0) is 12.9. The standard InChI is InChI=1S/C9H16N2O5/c1-9(2,3)16-8(14)15-7(13)5(10)4-6(11)12/h5H,4,10H2,1-3H3,(H2,11,12)/t5-/m0/s1. The van der Waals surface area contributed by atoms with E-state index < -0.39 is 29.7 Å². The van der Waals surface area contributed by atoms with Gasteiger partial charge in [0.2, 0.25) is 5.91 Å². The number of hydrogen-bond acceptors (Lipinski definition) is 6. The molecular formula is C9H16N2O5. The first kappa shape index (κ1) is 14.4. The first-order valence-corrected chi connectivity index (χ1v) is 4.60. The number of carbonyl (C=O) groups is 3. The summed E-state index contributed by atoms with van der Waals surface area (Å²) in [7, 11) is 0. The molecule has 0 unspecified atom stereocenters. The van der Waals surface area contributed by atoms with Crippen molar-refractivity contribution in [2.75, 3.05) is 0 Å². The van der Waals surface area contributed by atoms with Gasteiger partial charge in [-0.3, -0.25) is 4.79 Å². The van der Waals surface area contributed by atoms with Crippen molar-refractivity contribution >= 4 is 18.0 Å². The van der Waals surface area contributed by atoms with E-state index in [4.69, 9.17) is 16.2 Å². The molecule has 0 saturated carbocycles. The Morgan fingerprint density at radius 3 is 2.12 bits per heavy atom. The van der Waals surface area contributed by atoms with Gasteiger partial charge in [-0.1, -0.05) is 0 Å². The Morgan fingerprint density at radius 1 is 1.25 bits per heavy atom. The van der Waals surface area contributed by atoms with Crippen molar-refractivity contribution in [2.45, 2.75) is 38.8 Å². The quantitative estimate of drug-likeness (QED) is 0.507. The minimum Gasteiger partial charge on any atom is -0.428 e. The van der Waals surface area contributed by atoms with Crippen LogP contribution in [0.25, 0.3) is 0 Å². The van der Waals surface area contributed by atoms with Gasteiger partial charge in [-0.2, -0.15) is 0 Å². The Hall–Kier alpha value is -1.63. The maximum Gasteiger partial charge on any atom is 0.516 e. The molecule has 7 nitrogen and oxygen atoms in total.